The Labute approximate surface area is 134 Å². The lowest BCUT2D eigenvalue weighted by molar-refractivity contribution is -0.142. The van der Waals surface area contributed by atoms with Crippen molar-refractivity contribution in [3.8, 4) is 0 Å². The average molecular weight is 344 g/mol. The predicted molar refractivity (Wildman–Crippen MR) is 77.8 cm³/mol. The molecule has 2 aromatic heterocycles. The highest BCUT2D eigenvalue weighted by Gasteiger charge is 2.39. The fraction of sp³-hybridized carbons (Fsp3) is 0.500. The van der Waals surface area contributed by atoms with E-state index >= 15 is 0 Å². The van der Waals surface area contributed by atoms with Crippen LogP contribution in [0.3, 0.4) is 0 Å². The van der Waals surface area contributed by atoms with Gasteiger partial charge < -0.3 is 5.32 Å². The Kier molecular flexibility index (Phi) is 4.38. The van der Waals surface area contributed by atoms with E-state index in [0.717, 1.165) is 17.8 Å². The van der Waals surface area contributed by atoms with Crippen molar-refractivity contribution in [2.75, 3.05) is 0 Å². The van der Waals surface area contributed by atoms with Gasteiger partial charge in [0, 0.05) is 22.8 Å². The number of carbonyl (C=O) groups excluding carboxylic acids is 1. The van der Waals surface area contributed by atoms with Gasteiger partial charge in [0.1, 0.15) is 11.6 Å². The average Bonchev–Trinajstić information content (AvgIpc) is 3.13. The van der Waals surface area contributed by atoms with Crippen molar-refractivity contribution in [2.45, 2.75) is 44.9 Å². The van der Waals surface area contributed by atoms with E-state index in [1.807, 2.05) is 0 Å². The van der Waals surface area contributed by atoms with Crippen LogP contribution in [0.1, 0.15) is 34.8 Å². The summed E-state index contributed by atoms with van der Waals surface area (Å²) in [5.74, 6) is -0.371. The third kappa shape index (κ3) is 3.54. The molecule has 1 aliphatic rings. The highest BCUT2D eigenvalue weighted by atomic mass is 32.1. The molecule has 0 spiro atoms. The van der Waals surface area contributed by atoms with Gasteiger partial charge in [-0.25, -0.2) is 4.98 Å². The molecule has 0 saturated heterocycles. The van der Waals surface area contributed by atoms with E-state index in [9.17, 15) is 18.0 Å². The van der Waals surface area contributed by atoms with Crippen molar-refractivity contribution in [1.29, 1.82) is 0 Å². The summed E-state index contributed by atoms with van der Waals surface area (Å²) in [6.07, 6.45) is -0.423. The second kappa shape index (κ2) is 6.31. The van der Waals surface area contributed by atoms with Crippen LogP contribution >= 0.6 is 11.3 Å². The molecule has 0 fully saturated rings. The van der Waals surface area contributed by atoms with Gasteiger partial charge in [-0.15, -0.1) is 11.3 Å². The fourth-order valence-corrected chi connectivity index (χ4v) is 3.29. The minimum Gasteiger partial charge on any atom is -0.348 e. The SMILES string of the molecule is O=C(Cn1nc(C(F)(F)F)c2c1CCCC2)NCc1nccs1. The Balaban J connectivity index is 1.74. The Morgan fingerprint density at radius 1 is 1.35 bits per heavy atom. The zero-order valence-corrected chi connectivity index (χ0v) is 13.0. The van der Waals surface area contributed by atoms with E-state index in [1.54, 1.807) is 11.6 Å². The number of nitrogens with one attached hydrogen (secondary N) is 1. The van der Waals surface area contributed by atoms with Gasteiger partial charge in [0.25, 0.3) is 0 Å². The molecule has 1 amide bonds. The van der Waals surface area contributed by atoms with Gasteiger partial charge in [-0.1, -0.05) is 0 Å². The molecule has 124 valence electrons. The van der Waals surface area contributed by atoms with Gasteiger partial charge in [-0.2, -0.15) is 18.3 Å². The standard InChI is InChI=1S/C14H15F3N4OS/c15-14(16,17)13-9-3-1-2-4-10(9)21(20-13)8-11(22)19-7-12-18-5-6-23-12/h5-6H,1-4,7-8H2,(H,19,22). The van der Waals surface area contributed by atoms with E-state index < -0.39 is 11.9 Å². The fourth-order valence-electron chi connectivity index (χ4n) is 2.74. The quantitative estimate of drug-likeness (QED) is 0.927. The number of amides is 1. The van der Waals surface area contributed by atoms with Gasteiger partial charge in [-0.3, -0.25) is 9.48 Å². The smallest absolute Gasteiger partial charge is 0.348 e. The highest BCUT2D eigenvalue weighted by molar-refractivity contribution is 7.09. The minimum atomic E-state index is -4.48. The molecule has 2 heterocycles. The number of fused-ring (bicyclic) bond motifs is 1. The van der Waals surface area contributed by atoms with Crippen molar-refractivity contribution >= 4 is 17.2 Å². The van der Waals surface area contributed by atoms with Crippen LogP contribution in [0.25, 0.3) is 0 Å². The molecule has 5 nitrogen and oxygen atoms in total. The molecule has 9 heteroatoms. The topological polar surface area (TPSA) is 59.8 Å². The lowest BCUT2D eigenvalue weighted by Crippen LogP contribution is -2.28. The van der Waals surface area contributed by atoms with E-state index in [4.69, 9.17) is 0 Å². The third-order valence-corrected chi connectivity index (χ3v) is 4.52. The van der Waals surface area contributed by atoms with Gasteiger partial charge in [0.15, 0.2) is 5.69 Å². The number of hydrogen-bond acceptors (Lipinski definition) is 4. The normalized spacial score (nSPS) is 14.6. The summed E-state index contributed by atoms with van der Waals surface area (Å²) in [7, 11) is 0. The first-order chi connectivity index (χ1) is 10.9. The van der Waals surface area contributed by atoms with E-state index in [0.29, 0.717) is 18.5 Å². The molecular weight excluding hydrogens is 329 g/mol. The van der Waals surface area contributed by atoms with Crippen molar-refractivity contribution in [3.05, 3.63) is 33.5 Å². The maximum atomic E-state index is 13.1. The number of hydrogen-bond donors (Lipinski definition) is 1. The third-order valence-electron chi connectivity index (χ3n) is 3.74. The second-order valence-electron chi connectivity index (χ2n) is 5.34. The molecule has 0 unspecified atom stereocenters. The lowest BCUT2D eigenvalue weighted by atomic mass is 9.95. The molecule has 2 aromatic rings. The van der Waals surface area contributed by atoms with Crippen LogP contribution < -0.4 is 5.32 Å². The Hall–Kier alpha value is -1.90. The van der Waals surface area contributed by atoms with Crippen molar-refractivity contribution in [1.82, 2.24) is 20.1 Å². The number of aromatic nitrogens is 3. The predicted octanol–water partition coefficient (Wildman–Crippen LogP) is 2.55. The molecule has 0 aromatic carbocycles. The Morgan fingerprint density at radius 3 is 2.83 bits per heavy atom. The number of alkyl halides is 3. The molecule has 1 N–H and O–H groups in total. The van der Waals surface area contributed by atoms with Crippen molar-refractivity contribution < 1.29 is 18.0 Å². The summed E-state index contributed by atoms with van der Waals surface area (Å²) >= 11 is 1.40. The van der Waals surface area contributed by atoms with Crippen LogP contribution in [0.4, 0.5) is 13.2 Å². The minimum absolute atomic E-state index is 0.205. The molecular formula is C14H15F3N4OS. The van der Waals surface area contributed by atoms with Crippen LogP contribution in [0.5, 0.6) is 0 Å². The monoisotopic (exact) mass is 344 g/mol. The summed E-state index contributed by atoms with van der Waals surface area (Å²) in [5.41, 5.74) is -0.0654. The molecule has 0 saturated carbocycles. The number of halogens is 3. The first-order valence-corrected chi connectivity index (χ1v) is 8.14. The molecule has 0 atom stereocenters. The van der Waals surface area contributed by atoms with E-state index in [-0.39, 0.29) is 24.6 Å². The van der Waals surface area contributed by atoms with Crippen molar-refractivity contribution in [2.24, 2.45) is 0 Å². The van der Waals surface area contributed by atoms with Crippen LogP contribution in [-0.4, -0.2) is 20.7 Å². The summed E-state index contributed by atoms with van der Waals surface area (Å²) in [4.78, 5) is 16.0. The van der Waals surface area contributed by atoms with E-state index in [1.165, 1.54) is 16.0 Å². The van der Waals surface area contributed by atoms with Crippen LogP contribution in [0.15, 0.2) is 11.6 Å². The number of carbonyl (C=O) groups is 1. The molecule has 1 aliphatic carbocycles. The number of thiazole rings is 1. The molecule has 0 radical (unpaired) electrons. The lowest BCUT2D eigenvalue weighted by Gasteiger charge is -2.14. The largest absolute Gasteiger partial charge is 0.435 e. The van der Waals surface area contributed by atoms with Crippen molar-refractivity contribution in [3.63, 3.8) is 0 Å². The van der Waals surface area contributed by atoms with Gasteiger partial charge >= 0.3 is 6.18 Å². The van der Waals surface area contributed by atoms with Gasteiger partial charge in [0.2, 0.25) is 5.91 Å². The first kappa shape index (κ1) is 16.0. The van der Waals surface area contributed by atoms with E-state index in [2.05, 4.69) is 15.4 Å². The summed E-state index contributed by atoms with van der Waals surface area (Å²) in [6.45, 7) is 0.0654. The van der Waals surface area contributed by atoms with Crippen LogP contribution in [-0.2, 0) is 36.9 Å². The Bertz CT molecular complexity index is 694. The maximum absolute atomic E-state index is 13.1. The van der Waals surface area contributed by atoms with Crippen LogP contribution in [0.2, 0.25) is 0 Å². The number of nitrogens with zero attached hydrogens (tertiary/aromatic N) is 3. The number of rotatable bonds is 4. The zero-order chi connectivity index (χ0) is 16.4. The summed E-state index contributed by atoms with van der Waals surface area (Å²) < 4.78 is 40.4. The highest BCUT2D eigenvalue weighted by Crippen LogP contribution is 2.35. The summed E-state index contributed by atoms with van der Waals surface area (Å²) in [5, 5.41) is 8.86. The van der Waals surface area contributed by atoms with Gasteiger partial charge in [0.05, 0.1) is 6.54 Å². The first-order valence-electron chi connectivity index (χ1n) is 7.26. The molecule has 0 aliphatic heterocycles. The second-order valence-corrected chi connectivity index (χ2v) is 6.32. The van der Waals surface area contributed by atoms with Crippen LogP contribution in [0, 0.1) is 0 Å². The Morgan fingerprint density at radius 2 is 2.13 bits per heavy atom. The molecule has 0 bridgehead atoms. The van der Waals surface area contributed by atoms with Gasteiger partial charge in [-0.05, 0) is 25.7 Å². The maximum Gasteiger partial charge on any atom is 0.435 e. The molecule has 23 heavy (non-hydrogen) atoms. The zero-order valence-electron chi connectivity index (χ0n) is 12.2. The molecule has 3 rings (SSSR count). The summed E-state index contributed by atoms with van der Waals surface area (Å²) in [6, 6.07) is 0.